The second-order valence-corrected chi connectivity index (χ2v) is 7.11. The van der Waals surface area contributed by atoms with Gasteiger partial charge in [0.1, 0.15) is 0 Å². The average molecular weight is 316 g/mol. The monoisotopic (exact) mass is 316 g/mol. The molecule has 2 unspecified atom stereocenters. The zero-order valence-electron chi connectivity index (χ0n) is 12.4. The first-order valence-corrected chi connectivity index (χ1v) is 8.78. The number of nitrogens with one attached hydrogen (secondary N) is 2. The molecular weight excluding hydrogens is 296 g/mol. The van der Waals surface area contributed by atoms with E-state index in [-0.39, 0.29) is 12.1 Å². The summed E-state index contributed by atoms with van der Waals surface area (Å²) in [7, 11) is 0. The first kappa shape index (κ1) is 14.0. The van der Waals surface area contributed by atoms with E-state index >= 15 is 0 Å². The third kappa shape index (κ3) is 2.68. The van der Waals surface area contributed by atoms with Gasteiger partial charge in [0.2, 0.25) is 0 Å². The van der Waals surface area contributed by atoms with Crippen LogP contribution in [0, 0.1) is 0 Å². The summed E-state index contributed by atoms with van der Waals surface area (Å²) >= 11 is 1.51. The van der Waals surface area contributed by atoms with Gasteiger partial charge in [-0.1, -0.05) is 29.9 Å². The summed E-state index contributed by atoms with van der Waals surface area (Å²) in [6, 6.07) is 8.60. The van der Waals surface area contributed by atoms with Gasteiger partial charge in [-0.25, -0.2) is 9.78 Å². The standard InChI is InChI=1S/C16H20N4OS/c21-15(17-11-8-10-20-9-4-3-6-13(11)20)19-16-18-12-5-1-2-7-14(12)22-16/h1-2,5,7,11,13H,3-4,6,8-10H2,(H2,17,18,19,21). The highest BCUT2D eigenvalue weighted by Gasteiger charge is 2.36. The highest BCUT2D eigenvalue weighted by molar-refractivity contribution is 7.22. The minimum absolute atomic E-state index is 0.128. The topological polar surface area (TPSA) is 57.3 Å². The van der Waals surface area contributed by atoms with Crippen molar-refractivity contribution in [1.82, 2.24) is 15.2 Å². The van der Waals surface area contributed by atoms with Crippen LogP contribution in [0.5, 0.6) is 0 Å². The summed E-state index contributed by atoms with van der Waals surface area (Å²) in [5.74, 6) is 0. The third-order valence-electron chi connectivity index (χ3n) is 4.69. The molecule has 0 bridgehead atoms. The van der Waals surface area contributed by atoms with Gasteiger partial charge in [0.05, 0.1) is 10.2 Å². The van der Waals surface area contributed by atoms with E-state index in [1.165, 1.54) is 37.1 Å². The summed E-state index contributed by atoms with van der Waals surface area (Å²) in [5.41, 5.74) is 0.933. The number of carbonyl (C=O) groups excluding carboxylic acids is 1. The predicted octanol–water partition coefficient (Wildman–Crippen LogP) is 3.04. The number of amides is 2. The summed E-state index contributed by atoms with van der Waals surface area (Å²) in [6.07, 6.45) is 4.82. The minimum atomic E-state index is -0.128. The quantitative estimate of drug-likeness (QED) is 0.895. The Morgan fingerprint density at radius 2 is 2.14 bits per heavy atom. The van der Waals surface area contributed by atoms with Crippen LogP contribution in [0.1, 0.15) is 25.7 Å². The number of hydrogen-bond acceptors (Lipinski definition) is 4. The number of urea groups is 1. The first-order chi connectivity index (χ1) is 10.8. The Balaban J connectivity index is 1.40. The summed E-state index contributed by atoms with van der Waals surface area (Å²) in [4.78, 5) is 19.2. The number of aromatic nitrogens is 1. The van der Waals surface area contributed by atoms with Gasteiger partial charge in [0.25, 0.3) is 0 Å². The molecule has 2 fully saturated rings. The zero-order valence-corrected chi connectivity index (χ0v) is 13.2. The van der Waals surface area contributed by atoms with Crippen LogP contribution < -0.4 is 10.6 Å². The van der Waals surface area contributed by atoms with Gasteiger partial charge in [-0.15, -0.1) is 0 Å². The van der Waals surface area contributed by atoms with Gasteiger partial charge in [0.15, 0.2) is 5.13 Å². The van der Waals surface area contributed by atoms with E-state index in [0.717, 1.165) is 23.2 Å². The molecule has 0 radical (unpaired) electrons. The molecule has 2 atom stereocenters. The molecule has 2 amide bonds. The summed E-state index contributed by atoms with van der Waals surface area (Å²) in [5, 5.41) is 6.70. The lowest BCUT2D eigenvalue weighted by molar-refractivity contribution is 0.180. The number of anilines is 1. The van der Waals surface area contributed by atoms with E-state index in [1.54, 1.807) is 0 Å². The molecule has 22 heavy (non-hydrogen) atoms. The molecule has 1 aromatic heterocycles. The molecule has 0 aliphatic carbocycles. The van der Waals surface area contributed by atoms with Crippen molar-refractivity contribution in [2.24, 2.45) is 0 Å². The molecule has 1 aromatic carbocycles. The van der Waals surface area contributed by atoms with Crippen molar-refractivity contribution in [3.63, 3.8) is 0 Å². The third-order valence-corrected chi connectivity index (χ3v) is 5.64. The molecule has 2 aliphatic heterocycles. The fourth-order valence-corrected chi connectivity index (χ4v) is 4.50. The van der Waals surface area contributed by atoms with Gasteiger partial charge in [-0.3, -0.25) is 10.2 Å². The predicted molar refractivity (Wildman–Crippen MR) is 89.4 cm³/mol. The lowest BCUT2D eigenvalue weighted by atomic mass is 9.99. The molecule has 2 aromatic rings. The normalized spacial score (nSPS) is 25.1. The number of carbonyl (C=O) groups is 1. The van der Waals surface area contributed by atoms with Gasteiger partial charge < -0.3 is 5.32 Å². The maximum Gasteiger partial charge on any atom is 0.321 e. The highest BCUT2D eigenvalue weighted by Crippen LogP contribution is 2.28. The van der Waals surface area contributed by atoms with Crippen molar-refractivity contribution >= 4 is 32.7 Å². The summed E-state index contributed by atoms with van der Waals surface area (Å²) < 4.78 is 1.09. The highest BCUT2D eigenvalue weighted by atomic mass is 32.1. The van der Waals surface area contributed by atoms with Crippen LogP contribution in [-0.2, 0) is 0 Å². The molecule has 2 aliphatic rings. The molecule has 5 nitrogen and oxygen atoms in total. The fourth-order valence-electron chi connectivity index (χ4n) is 3.64. The molecule has 3 heterocycles. The number of para-hydroxylation sites is 1. The molecule has 4 rings (SSSR count). The van der Waals surface area contributed by atoms with Crippen LogP contribution in [0.25, 0.3) is 10.2 Å². The number of piperidine rings is 1. The summed E-state index contributed by atoms with van der Waals surface area (Å²) in [6.45, 7) is 2.29. The largest absolute Gasteiger partial charge is 0.333 e. The Kier molecular flexibility index (Phi) is 3.72. The second kappa shape index (κ2) is 5.85. The van der Waals surface area contributed by atoms with Crippen molar-refractivity contribution in [2.75, 3.05) is 18.4 Å². The number of fused-ring (bicyclic) bond motifs is 2. The van der Waals surface area contributed by atoms with Gasteiger partial charge in [-0.2, -0.15) is 0 Å². The van der Waals surface area contributed by atoms with Crippen molar-refractivity contribution in [1.29, 1.82) is 0 Å². The molecule has 2 saturated heterocycles. The van der Waals surface area contributed by atoms with Gasteiger partial charge in [-0.05, 0) is 37.9 Å². The Labute approximate surface area is 133 Å². The van der Waals surface area contributed by atoms with Crippen LogP contribution in [0.15, 0.2) is 24.3 Å². The number of hydrogen-bond donors (Lipinski definition) is 2. The van der Waals surface area contributed by atoms with Crippen LogP contribution in [0.4, 0.5) is 9.93 Å². The molecule has 0 spiro atoms. The van der Waals surface area contributed by atoms with Crippen LogP contribution >= 0.6 is 11.3 Å². The maximum atomic E-state index is 12.2. The van der Waals surface area contributed by atoms with Crippen molar-refractivity contribution in [2.45, 2.75) is 37.8 Å². The van der Waals surface area contributed by atoms with Crippen LogP contribution in [0.2, 0.25) is 0 Å². The molecule has 0 saturated carbocycles. The first-order valence-electron chi connectivity index (χ1n) is 7.97. The second-order valence-electron chi connectivity index (χ2n) is 6.08. The molecule has 2 N–H and O–H groups in total. The van der Waals surface area contributed by atoms with Crippen molar-refractivity contribution in [3.8, 4) is 0 Å². The van der Waals surface area contributed by atoms with Crippen molar-refractivity contribution in [3.05, 3.63) is 24.3 Å². The molecule has 6 heteroatoms. The number of thiazole rings is 1. The lowest BCUT2D eigenvalue weighted by Crippen LogP contribution is -2.47. The number of benzene rings is 1. The van der Waals surface area contributed by atoms with E-state index < -0.39 is 0 Å². The maximum absolute atomic E-state index is 12.2. The van der Waals surface area contributed by atoms with E-state index in [2.05, 4.69) is 20.5 Å². The zero-order chi connectivity index (χ0) is 14.9. The number of nitrogens with zero attached hydrogens (tertiary/aromatic N) is 2. The molecule has 116 valence electrons. The van der Waals surface area contributed by atoms with E-state index in [9.17, 15) is 4.79 Å². The smallest absolute Gasteiger partial charge is 0.321 e. The van der Waals surface area contributed by atoms with Gasteiger partial charge >= 0.3 is 6.03 Å². The van der Waals surface area contributed by atoms with Crippen molar-refractivity contribution < 1.29 is 4.79 Å². The Morgan fingerprint density at radius 1 is 1.23 bits per heavy atom. The van der Waals surface area contributed by atoms with Gasteiger partial charge in [0, 0.05) is 18.6 Å². The fraction of sp³-hybridized carbons (Fsp3) is 0.500. The van der Waals surface area contributed by atoms with E-state index in [1.807, 2.05) is 24.3 Å². The SMILES string of the molecule is O=C(Nc1nc2ccccc2s1)NC1CCN2CCCCC12. The molecular formula is C16H20N4OS. The lowest BCUT2D eigenvalue weighted by Gasteiger charge is -2.32. The minimum Gasteiger partial charge on any atom is -0.333 e. The van der Waals surface area contributed by atoms with Crippen LogP contribution in [-0.4, -0.2) is 41.1 Å². The van der Waals surface area contributed by atoms with E-state index in [0.29, 0.717) is 11.2 Å². The Bertz CT molecular complexity index is 653. The average Bonchev–Trinajstić information content (AvgIpc) is 3.11. The Hall–Kier alpha value is -1.66. The number of rotatable bonds is 2. The Morgan fingerprint density at radius 3 is 3.05 bits per heavy atom. The van der Waals surface area contributed by atoms with E-state index in [4.69, 9.17) is 0 Å². The van der Waals surface area contributed by atoms with Crippen LogP contribution in [0.3, 0.4) is 0 Å².